The molecule has 0 unspecified atom stereocenters. The second-order valence-electron chi connectivity index (χ2n) is 12.4. The number of benzene rings is 2. The molecule has 2 aliphatic heterocycles. The second kappa shape index (κ2) is 14.9. The van der Waals surface area contributed by atoms with Crippen molar-refractivity contribution in [1.29, 1.82) is 0 Å². The average Bonchev–Trinajstić information content (AvgIpc) is 3.02. The lowest BCUT2D eigenvalue weighted by Crippen LogP contribution is -2.42. The number of methoxy groups -OCH3 is 1. The van der Waals surface area contributed by atoms with Gasteiger partial charge in [0.1, 0.15) is 23.2 Å². The van der Waals surface area contributed by atoms with E-state index in [9.17, 15) is 28.2 Å². The summed E-state index contributed by atoms with van der Waals surface area (Å²) >= 11 is 0. The molecule has 0 saturated carbocycles. The lowest BCUT2D eigenvalue weighted by molar-refractivity contribution is -0.141. The molecule has 1 aromatic heterocycles. The van der Waals surface area contributed by atoms with Gasteiger partial charge in [-0.2, -0.15) is 0 Å². The zero-order valence-electron chi connectivity index (χ0n) is 25.7. The quantitative estimate of drug-likeness (QED) is 0.256. The van der Waals surface area contributed by atoms with Crippen molar-refractivity contribution in [3.8, 4) is 5.75 Å². The Morgan fingerprint density at radius 1 is 1.07 bits per heavy atom. The van der Waals surface area contributed by atoms with Gasteiger partial charge in [0.15, 0.2) is 0 Å². The van der Waals surface area contributed by atoms with Gasteiger partial charge < -0.3 is 24.6 Å². The van der Waals surface area contributed by atoms with E-state index in [1.165, 1.54) is 0 Å². The van der Waals surface area contributed by atoms with E-state index in [4.69, 9.17) is 9.47 Å². The van der Waals surface area contributed by atoms with E-state index in [-0.39, 0.29) is 18.4 Å². The lowest BCUT2D eigenvalue weighted by atomic mass is 9.71. The second-order valence-corrected chi connectivity index (χ2v) is 12.4. The van der Waals surface area contributed by atoms with Crippen LogP contribution in [0.3, 0.4) is 0 Å². The number of nitrogens with zero attached hydrogens (tertiary/aromatic N) is 3. The number of aliphatic hydroxyl groups excluding tert-OH is 1. The summed E-state index contributed by atoms with van der Waals surface area (Å²) in [5.41, 5.74) is 1.89. The average molecular weight is 630 g/mol. The molecule has 8 nitrogen and oxygen atoms in total. The normalized spacial score (nSPS) is 18.2. The number of morpholine rings is 1. The third-order valence-electron chi connectivity index (χ3n) is 9.43. The molecule has 1 atom stereocenters. The number of rotatable bonds is 13. The number of hydrogen-bond donors (Lipinski definition) is 2. The van der Waals surface area contributed by atoms with Crippen LogP contribution in [0.4, 0.5) is 13.2 Å². The molecule has 2 aromatic carbocycles. The summed E-state index contributed by atoms with van der Waals surface area (Å²) in [5, 5.41) is 22.4. The minimum absolute atomic E-state index is 0.00507. The fraction of sp³-hybridized carbons (Fsp3) is 0.529. The van der Waals surface area contributed by atoms with Crippen molar-refractivity contribution in [3.63, 3.8) is 0 Å². The standard InChI is InChI=1S/C34H42F3N3O5/c1-44-25-4-5-30-27(19-25)33(23(21-38-30)22-40-13-15-45-16-14-40)31(41)6-7-34(20-32(42)43)8-11-39(12-9-34)10-2-3-26-28(36)17-24(35)18-29(26)37/h4-5,17-19,21,31,41H,2-3,6-16,20,22H2,1H3,(H,42,43)/t31-/m1/s1. The minimum Gasteiger partial charge on any atom is -0.497 e. The number of likely N-dealkylation sites (tertiary alicyclic amines) is 1. The molecule has 3 heterocycles. The lowest BCUT2D eigenvalue weighted by Gasteiger charge is -2.42. The number of hydrogen-bond acceptors (Lipinski definition) is 7. The zero-order chi connectivity index (χ0) is 32.0. The summed E-state index contributed by atoms with van der Waals surface area (Å²) in [5.74, 6) is -2.89. The van der Waals surface area contributed by atoms with Crippen LogP contribution in [0.5, 0.6) is 5.75 Å². The summed E-state index contributed by atoms with van der Waals surface area (Å²) in [4.78, 5) is 21.1. The van der Waals surface area contributed by atoms with Gasteiger partial charge in [0, 0.05) is 48.9 Å². The molecular weight excluding hydrogens is 587 g/mol. The van der Waals surface area contributed by atoms with Gasteiger partial charge in [-0.1, -0.05) is 0 Å². The van der Waals surface area contributed by atoms with E-state index >= 15 is 0 Å². The number of carboxylic acid groups (broad SMARTS) is 1. The van der Waals surface area contributed by atoms with Crippen LogP contribution in [0.2, 0.25) is 0 Å². The van der Waals surface area contributed by atoms with E-state index in [2.05, 4.69) is 14.8 Å². The number of pyridine rings is 1. The first-order chi connectivity index (χ1) is 21.7. The molecule has 3 aromatic rings. The smallest absolute Gasteiger partial charge is 0.303 e. The van der Waals surface area contributed by atoms with Gasteiger partial charge in [0.05, 0.1) is 38.4 Å². The Morgan fingerprint density at radius 2 is 1.78 bits per heavy atom. The number of carbonyl (C=O) groups is 1. The number of fused-ring (bicyclic) bond motifs is 1. The molecule has 2 N–H and O–H groups in total. The molecule has 0 amide bonds. The van der Waals surface area contributed by atoms with E-state index in [0.717, 1.165) is 35.1 Å². The molecule has 2 fully saturated rings. The molecule has 5 rings (SSSR count). The Hall–Kier alpha value is -3.25. The Morgan fingerprint density at radius 3 is 2.44 bits per heavy atom. The van der Waals surface area contributed by atoms with Gasteiger partial charge in [0.25, 0.3) is 0 Å². The van der Waals surface area contributed by atoms with Gasteiger partial charge in [-0.15, -0.1) is 0 Å². The monoisotopic (exact) mass is 629 g/mol. The predicted octanol–water partition coefficient (Wildman–Crippen LogP) is 5.50. The fourth-order valence-electron chi connectivity index (χ4n) is 6.84. The van der Waals surface area contributed by atoms with Gasteiger partial charge >= 0.3 is 5.97 Å². The van der Waals surface area contributed by atoms with Crippen LogP contribution in [-0.4, -0.2) is 84.0 Å². The fourth-order valence-corrected chi connectivity index (χ4v) is 6.84. The zero-order valence-corrected chi connectivity index (χ0v) is 25.7. The highest BCUT2D eigenvalue weighted by Gasteiger charge is 2.37. The van der Waals surface area contributed by atoms with Crippen LogP contribution >= 0.6 is 0 Å². The first-order valence-corrected chi connectivity index (χ1v) is 15.7. The topological polar surface area (TPSA) is 95.4 Å². The minimum atomic E-state index is -0.935. The van der Waals surface area contributed by atoms with Gasteiger partial charge in [0.2, 0.25) is 0 Å². The highest BCUT2D eigenvalue weighted by atomic mass is 19.1. The maximum Gasteiger partial charge on any atom is 0.303 e. The SMILES string of the molecule is COc1ccc2ncc(CN3CCOCC3)c([C@H](O)CCC3(CC(=O)O)CCN(CCCc4c(F)cc(F)cc4F)CC3)c2c1. The summed E-state index contributed by atoms with van der Waals surface area (Å²) in [6.45, 7) is 5.40. The maximum absolute atomic E-state index is 14.1. The Kier molecular flexibility index (Phi) is 11.0. The Balaban J connectivity index is 1.27. The summed E-state index contributed by atoms with van der Waals surface area (Å²) in [6.07, 6.45) is 3.85. The van der Waals surface area contributed by atoms with Crippen LogP contribution in [0.15, 0.2) is 36.5 Å². The van der Waals surface area contributed by atoms with Crippen molar-refractivity contribution in [2.24, 2.45) is 5.41 Å². The number of halogens is 3. The van der Waals surface area contributed by atoms with E-state index < -0.39 is 34.9 Å². The van der Waals surface area contributed by atoms with Crippen molar-refractivity contribution in [2.45, 2.75) is 57.6 Å². The van der Waals surface area contributed by atoms with Gasteiger partial charge in [-0.3, -0.25) is 14.7 Å². The third kappa shape index (κ3) is 8.32. The molecule has 0 spiro atoms. The van der Waals surface area contributed by atoms with Crippen molar-refractivity contribution < 1.29 is 37.7 Å². The van der Waals surface area contributed by atoms with Gasteiger partial charge in [-0.05, 0) is 92.9 Å². The molecule has 11 heteroatoms. The van der Waals surface area contributed by atoms with Crippen molar-refractivity contribution in [3.05, 3.63) is 70.7 Å². The molecule has 0 bridgehead atoms. The van der Waals surface area contributed by atoms with Crippen molar-refractivity contribution >= 4 is 16.9 Å². The van der Waals surface area contributed by atoms with E-state index in [0.29, 0.717) is 89.4 Å². The summed E-state index contributed by atoms with van der Waals surface area (Å²) in [7, 11) is 1.60. The largest absolute Gasteiger partial charge is 0.497 e. The molecule has 45 heavy (non-hydrogen) atoms. The number of piperidine rings is 1. The number of carboxylic acids is 1. The Labute approximate surface area is 261 Å². The summed E-state index contributed by atoms with van der Waals surface area (Å²) in [6, 6.07) is 7.02. The van der Waals surface area contributed by atoms with E-state index in [1.807, 2.05) is 24.4 Å². The van der Waals surface area contributed by atoms with Crippen molar-refractivity contribution in [2.75, 3.05) is 53.0 Å². The van der Waals surface area contributed by atoms with Crippen LogP contribution in [0.25, 0.3) is 10.9 Å². The van der Waals surface area contributed by atoms with Crippen LogP contribution in [0, 0.1) is 22.9 Å². The highest BCUT2D eigenvalue weighted by molar-refractivity contribution is 5.85. The molecular formula is C34H42F3N3O5. The molecule has 2 aliphatic rings. The third-order valence-corrected chi connectivity index (χ3v) is 9.43. The van der Waals surface area contributed by atoms with E-state index in [1.54, 1.807) is 7.11 Å². The van der Waals surface area contributed by atoms with Crippen molar-refractivity contribution in [1.82, 2.24) is 14.8 Å². The number of aromatic nitrogens is 1. The van der Waals surface area contributed by atoms with Crippen LogP contribution in [-0.2, 0) is 22.5 Å². The molecule has 0 radical (unpaired) electrons. The highest BCUT2D eigenvalue weighted by Crippen LogP contribution is 2.42. The first-order valence-electron chi connectivity index (χ1n) is 15.7. The number of ether oxygens (including phenoxy) is 2. The number of aliphatic carboxylic acids is 1. The van der Waals surface area contributed by atoms with Gasteiger partial charge in [-0.25, -0.2) is 13.2 Å². The Bertz CT molecular complexity index is 1450. The molecule has 244 valence electrons. The van der Waals surface area contributed by atoms with Crippen LogP contribution in [0.1, 0.15) is 61.3 Å². The molecule has 2 saturated heterocycles. The number of aliphatic hydroxyl groups is 1. The van der Waals surface area contributed by atoms with Crippen LogP contribution < -0.4 is 4.74 Å². The maximum atomic E-state index is 14.1. The predicted molar refractivity (Wildman–Crippen MR) is 164 cm³/mol. The summed E-state index contributed by atoms with van der Waals surface area (Å²) < 4.78 is 52.3. The molecule has 0 aliphatic carbocycles. The first kappa shape index (κ1) is 33.1.